The van der Waals surface area contributed by atoms with Crippen LogP contribution in [-0.2, 0) is 16.8 Å². The van der Waals surface area contributed by atoms with Crippen LogP contribution in [-0.4, -0.2) is 31.4 Å². The smallest absolute Gasteiger partial charge is 0.679 e. The van der Waals surface area contributed by atoms with Crippen LogP contribution >= 0.6 is 0 Å². The molecule has 13 nitrogen and oxygen atoms in total. The van der Waals surface area contributed by atoms with Crippen molar-refractivity contribution in [3.63, 3.8) is 0 Å². The molecule has 0 bridgehead atoms. The van der Waals surface area contributed by atoms with Crippen molar-refractivity contribution >= 4 is 0 Å². The molecular formula is C6H17CoN7O6-3. The second-order valence-corrected chi connectivity index (χ2v) is 1.94. The molecule has 0 atom stereocenters. The average Bonchev–Trinajstić information content (AvgIpc) is 2.39. The number of hydrogen-bond acceptors (Lipinski definition) is 8. The van der Waals surface area contributed by atoms with E-state index in [4.69, 9.17) is 53.3 Å². The summed E-state index contributed by atoms with van der Waals surface area (Å²) in [7, 11) is 0. The van der Waals surface area contributed by atoms with E-state index in [0.717, 1.165) is 23.5 Å². The number of nitrogens with one attached hydrogen (secondary N) is 4. The van der Waals surface area contributed by atoms with E-state index in [-0.39, 0.29) is 29.9 Å². The van der Waals surface area contributed by atoms with Gasteiger partial charge in [-0.1, -0.05) is 12.8 Å². The molecule has 0 aromatic heterocycles. The maximum absolute atomic E-state index is 8.11. The molecule has 0 unspecified atom stereocenters. The third kappa shape index (κ3) is 617. The van der Waals surface area contributed by atoms with Gasteiger partial charge in [0.25, 0.3) is 0 Å². The molecule has 5 N–H and O–H groups in total. The van der Waals surface area contributed by atoms with Gasteiger partial charge in [-0.3, -0.25) is 0 Å². The summed E-state index contributed by atoms with van der Waals surface area (Å²) in [5.74, 6) is 0. The fourth-order valence-electron chi connectivity index (χ4n) is 0.250. The minimum absolute atomic E-state index is 0. The van der Waals surface area contributed by atoms with Crippen molar-refractivity contribution in [2.75, 3.05) is 26.2 Å². The van der Waals surface area contributed by atoms with Crippen LogP contribution in [0.25, 0.3) is 22.9 Å². The SMILES string of the molecule is O=NO.O=N[O-].O=N[O-].[Co+3].[NH-]CCCC[NH-].[NH-]CC[NH-]. The Morgan fingerprint density at radius 1 is 0.750 bits per heavy atom. The van der Waals surface area contributed by atoms with Gasteiger partial charge in [-0.05, 0) is 0 Å². The van der Waals surface area contributed by atoms with Gasteiger partial charge in [0.2, 0.25) is 0 Å². The van der Waals surface area contributed by atoms with Crippen molar-refractivity contribution in [1.82, 2.24) is 0 Å². The van der Waals surface area contributed by atoms with Crippen molar-refractivity contribution in [2.45, 2.75) is 12.8 Å². The third-order valence-corrected chi connectivity index (χ3v) is 0.729. The van der Waals surface area contributed by atoms with Gasteiger partial charge in [0, 0.05) is 0 Å². The first kappa shape index (κ1) is 36.3. The first-order chi connectivity index (χ1) is 9.07. The molecule has 0 saturated carbocycles. The van der Waals surface area contributed by atoms with Gasteiger partial charge in [0.05, 0.1) is 0 Å². The first-order valence-corrected chi connectivity index (χ1v) is 4.53. The predicted octanol–water partition coefficient (Wildman–Crippen LogP) is 3.60. The maximum atomic E-state index is 8.11. The van der Waals surface area contributed by atoms with E-state index in [9.17, 15) is 0 Å². The molecule has 0 aliphatic heterocycles. The number of hydrogen-bond donors (Lipinski definition) is 1. The Balaban J connectivity index is -0.0000000314. The minimum Gasteiger partial charge on any atom is -0.679 e. The number of unbranched alkanes of at least 4 members (excludes halogenated alkanes) is 1. The molecule has 0 amide bonds. The summed E-state index contributed by atoms with van der Waals surface area (Å²) in [6.07, 6.45) is 1.78. The molecule has 14 heteroatoms. The van der Waals surface area contributed by atoms with Crippen molar-refractivity contribution in [3.05, 3.63) is 48.1 Å². The molecule has 0 heterocycles. The van der Waals surface area contributed by atoms with Crippen LogP contribution in [0.5, 0.6) is 0 Å². The molecule has 0 spiro atoms. The van der Waals surface area contributed by atoms with E-state index in [1.807, 2.05) is 0 Å². The zero-order chi connectivity index (χ0) is 16.4. The van der Waals surface area contributed by atoms with Crippen molar-refractivity contribution < 1.29 is 22.0 Å². The zero-order valence-corrected chi connectivity index (χ0v) is 11.4. The number of rotatable bonds is 4. The Labute approximate surface area is 126 Å². The monoisotopic (exact) mass is 342 g/mol. The average molecular weight is 342 g/mol. The summed E-state index contributed by atoms with van der Waals surface area (Å²) in [4.78, 5) is 24.1. The van der Waals surface area contributed by atoms with Crippen LogP contribution in [0.4, 0.5) is 0 Å². The summed E-state index contributed by atoms with van der Waals surface area (Å²) in [5.41, 5.74) is 25.8. The third-order valence-electron chi connectivity index (χ3n) is 0.729. The second-order valence-electron chi connectivity index (χ2n) is 1.94. The Bertz CT molecular complexity index is 127. The van der Waals surface area contributed by atoms with Gasteiger partial charge in [-0.15, -0.1) is 15.6 Å². The van der Waals surface area contributed by atoms with Crippen molar-refractivity contribution in [2.24, 2.45) is 16.0 Å². The standard InChI is InChI=1S/C4H10N2.C2H6N2.Co.3HNO2/c5-3-1-2-4-6;3-1-2-4;;3*2-1-3/h5-6H,1-4H2;3-4H,1-2H2;;3*(H,2,3)/q2*-2;+3;;;/p-2. The van der Waals surface area contributed by atoms with Gasteiger partial charge in [-0.25, -0.2) is 0 Å². The van der Waals surface area contributed by atoms with Crippen LogP contribution in [0.15, 0.2) is 16.0 Å². The van der Waals surface area contributed by atoms with E-state index in [0.29, 0.717) is 13.1 Å². The van der Waals surface area contributed by atoms with Gasteiger partial charge in [0.1, 0.15) is 0 Å². The summed E-state index contributed by atoms with van der Waals surface area (Å²) < 4.78 is 0. The van der Waals surface area contributed by atoms with Crippen molar-refractivity contribution in [1.29, 1.82) is 0 Å². The molecule has 0 aliphatic carbocycles. The van der Waals surface area contributed by atoms with Crippen LogP contribution < -0.4 is 0 Å². The largest absolute Gasteiger partial charge is 3.00 e. The van der Waals surface area contributed by atoms with E-state index in [2.05, 4.69) is 0 Å². The zero-order valence-electron chi connectivity index (χ0n) is 10.4. The molecule has 0 aromatic carbocycles. The fourth-order valence-corrected chi connectivity index (χ4v) is 0.250. The Kier molecular flexibility index (Phi) is 153. The maximum Gasteiger partial charge on any atom is 3.00 e. The summed E-state index contributed by atoms with van der Waals surface area (Å²) in [6.45, 7) is 1.44. The summed E-state index contributed by atoms with van der Waals surface area (Å²) >= 11 is 0. The van der Waals surface area contributed by atoms with Crippen LogP contribution in [0.2, 0.25) is 0 Å². The predicted molar refractivity (Wildman–Crippen MR) is 71.9 cm³/mol. The molecule has 0 saturated heterocycles. The second kappa shape index (κ2) is 84.4. The quantitative estimate of drug-likeness (QED) is 0.453. The normalized spacial score (nSPS) is 6.00. The van der Waals surface area contributed by atoms with E-state index in [1.165, 1.54) is 5.34 Å². The number of nitrogens with zero attached hydrogens (tertiary/aromatic N) is 3. The molecule has 0 aromatic rings. The van der Waals surface area contributed by atoms with Gasteiger partial charge in [0.15, 0.2) is 5.34 Å². The molecule has 0 aliphatic rings. The Hall–Kier alpha value is -1.45. The molecule has 124 valence electrons. The fraction of sp³-hybridized carbons (Fsp3) is 1.00. The van der Waals surface area contributed by atoms with Crippen LogP contribution in [0.3, 0.4) is 0 Å². The van der Waals surface area contributed by atoms with Gasteiger partial charge < -0.3 is 48.4 Å². The topological polar surface area (TPSA) is 250 Å². The minimum atomic E-state index is 0. The molecule has 0 rings (SSSR count). The Morgan fingerprint density at radius 2 is 0.900 bits per heavy atom. The molecular weight excluding hydrogens is 325 g/mol. The van der Waals surface area contributed by atoms with E-state index >= 15 is 0 Å². The van der Waals surface area contributed by atoms with Gasteiger partial charge in [-0.2, -0.15) is 26.2 Å². The summed E-state index contributed by atoms with van der Waals surface area (Å²) in [5, 5.41) is 25.9. The van der Waals surface area contributed by atoms with Crippen LogP contribution in [0, 0.1) is 25.1 Å². The van der Waals surface area contributed by atoms with Gasteiger partial charge >= 0.3 is 16.8 Å². The van der Waals surface area contributed by atoms with E-state index in [1.54, 1.807) is 0 Å². The molecule has 0 fully saturated rings. The van der Waals surface area contributed by atoms with E-state index < -0.39 is 0 Å². The summed E-state index contributed by atoms with van der Waals surface area (Å²) in [6, 6.07) is 0. The van der Waals surface area contributed by atoms with Crippen molar-refractivity contribution in [3.8, 4) is 0 Å². The van der Waals surface area contributed by atoms with Crippen LogP contribution in [0.1, 0.15) is 12.8 Å². The first-order valence-electron chi connectivity index (χ1n) is 4.53. The molecule has 20 heavy (non-hydrogen) atoms. The molecule has 0 radical (unpaired) electrons. The Morgan fingerprint density at radius 3 is 0.950 bits per heavy atom.